The topological polar surface area (TPSA) is 89.0 Å². The molecule has 2 aromatic heterocycles. The van der Waals surface area contributed by atoms with Crippen LogP contribution in [0.4, 0.5) is 5.69 Å². The molecule has 2 N–H and O–H groups in total. The van der Waals surface area contributed by atoms with Crippen LogP contribution in [0.1, 0.15) is 28.2 Å². The molecule has 7 nitrogen and oxygen atoms in total. The van der Waals surface area contributed by atoms with E-state index < -0.39 is 0 Å². The Hall–Kier alpha value is -2.87. The summed E-state index contributed by atoms with van der Waals surface area (Å²) in [6, 6.07) is 7.11. The van der Waals surface area contributed by atoms with Gasteiger partial charge in [-0.2, -0.15) is 4.68 Å². The molecule has 0 saturated heterocycles. The van der Waals surface area contributed by atoms with Gasteiger partial charge in [-0.3, -0.25) is 14.7 Å². The minimum absolute atomic E-state index is 0.146. The molecule has 8 heteroatoms. The van der Waals surface area contributed by atoms with Crippen molar-refractivity contribution in [3.05, 3.63) is 56.4 Å². The molecule has 0 atom stereocenters. The molecule has 2 heterocycles. The Morgan fingerprint density at radius 2 is 1.96 bits per heavy atom. The van der Waals surface area contributed by atoms with Crippen molar-refractivity contribution in [1.82, 2.24) is 14.8 Å². The Bertz CT molecular complexity index is 995. The van der Waals surface area contributed by atoms with E-state index in [-0.39, 0.29) is 17.9 Å². The largest absolute Gasteiger partial charge is 0.497 e. The molecule has 3 rings (SSSR count). The quantitative estimate of drug-likeness (QED) is 0.681. The first-order valence-electron chi connectivity index (χ1n) is 8.58. The lowest BCUT2D eigenvalue weighted by Crippen LogP contribution is -2.19. The van der Waals surface area contributed by atoms with Crippen molar-refractivity contribution in [3.63, 3.8) is 0 Å². The number of carbonyl (C=O) groups is 1. The lowest BCUT2D eigenvalue weighted by molar-refractivity contribution is -0.116. The molecule has 1 amide bonds. The number of carbonyl (C=O) groups excluding carboxylic acids is 1. The lowest BCUT2D eigenvalue weighted by Gasteiger charge is -2.06. The molecule has 3 aromatic rings. The standard InChI is InChI=1S/C19H22N4O3S/c1-11-13(3)27-19(20-11)23-18(25)16(12(2)22-23)9-10-17(24)21-14-5-7-15(26-4)8-6-14/h5-8,22H,9-10H2,1-4H3,(H,21,24). The molecule has 0 bridgehead atoms. The second-order valence-corrected chi connectivity index (χ2v) is 7.45. The van der Waals surface area contributed by atoms with Gasteiger partial charge in [0, 0.05) is 28.2 Å². The first-order chi connectivity index (χ1) is 12.9. The second-order valence-electron chi connectivity index (χ2n) is 6.27. The number of anilines is 1. The van der Waals surface area contributed by atoms with E-state index in [0.717, 1.165) is 22.0 Å². The van der Waals surface area contributed by atoms with Crippen LogP contribution in [0.25, 0.3) is 5.13 Å². The molecule has 0 saturated carbocycles. The van der Waals surface area contributed by atoms with E-state index in [1.165, 1.54) is 16.0 Å². The van der Waals surface area contributed by atoms with Crippen LogP contribution in [0.2, 0.25) is 0 Å². The van der Waals surface area contributed by atoms with Gasteiger partial charge in [0.25, 0.3) is 5.56 Å². The SMILES string of the molecule is COc1ccc(NC(=O)CCc2c(C)[nH]n(-c3nc(C)c(C)s3)c2=O)cc1. The lowest BCUT2D eigenvalue weighted by atomic mass is 10.1. The highest BCUT2D eigenvalue weighted by Crippen LogP contribution is 2.20. The zero-order valence-corrected chi connectivity index (χ0v) is 16.6. The zero-order valence-electron chi connectivity index (χ0n) is 15.8. The maximum atomic E-state index is 12.7. The number of nitrogens with zero attached hydrogens (tertiary/aromatic N) is 2. The van der Waals surface area contributed by atoms with Crippen LogP contribution < -0.4 is 15.6 Å². The van der Waals surface area contributed by atoms with Crippen molar-refractivity contribution in [2.75, 3.05) is 12.4 Å². The Balaban J connectivity index is 1.68. The third kappa shape index (κ3) is 4.11. The molecule has 0 unspecified atom stereocenters. The summed E-state index contributed by atoms with van der Waals surface area (Å²) in [6.07, 6.45) is 0.579. The van der Waals surface area contributed by atoms with Crippen molar-refractivity contribution in [3.8, 4) is 10.9 Å². The number of aromatic nitrogens is 3. The Labute approximate surface area is 161 Å². The third-order valence-electron chi connectivity index (χ3n) is 4.38. The summed E-state index contributed by atoms with van der Waals surface area (Å²) < 4.78 is 6.55. The number of aryl methyl sites for hydroxylation is 3. The fourth-order valence-corrected chi connectivity index (χ4v) is 3.57. The molecule has 0 fully saturated rings. The number of rotatable bonds is 6. The van der Waals surface area contributed by atoms with E-state index in [9.17, 15) is 9.59 Å². The van der Waals surface area contributed by atoms with E-state index >= 15 is 0 Å². The Morgan fingerprint density at radius 3 is 2.56 bits per heavy atom. The number of aromatic amines is 1. The van der Waals surface area contributed by atoms with E-state index in [0.29, 0.717) is 22.8 Å². The highest BCUT2D eigenvalue weighted by atomic mass is 32.1. The normalized spacial score (nSPS) is 10.8. The van der Waals surface area contributed by atoms with Gasteiger partial charge < -0.3 is 10.1 Å². The van der Waals surface area contributed by atoms with Gasteiger partial charge in [-0.15, -0.1) is 0 Å². The van der Waals surface area contributed by atoms with Crippen LogP contribution in [0, 0.1) is 20.8 Å². The number of hydrogen-bond donors (Lipinski definition) is 2. The number of methoxy groups -OCH3 is 1. The minimum Gasteiger partial charge on any atom is -0.497 e. The number of thiazole rings is 1. The number of H-pyrrole nitrogens is 1. The van der Waals surface area contributed by atoms with Crippen molar-refractivity contribution in [2.24, 2.45) is 0 Å². The highest BCUT2D eigenvalue weighted by Gasteiger charge is 2.16. The van der Waals surface area contributed by atoms with Crippen molar-refractivity contribution in [1.29, 1.82) is 0 Å². The maximum absolute atomic E-state index is 12.7. The molecule has 142 valence electrons. The zero-order chi connectivity index (χ0) is 19.6. The molecule has 1 aromatic carbocycles. The number of nitrogens with one attached hydrogen (secondary N) is 2. The van der Waals surface area contributed by atoms with Gasteiger partial charge in [-0.1, -0.05) is 11.3 Å². The predicted molar refractivity (Wildman–Crippen MR) is 106 cm³/mol. The Morgan fingerprint density at radius 1 is 1.26 bits per heavy atom. The average Bonchev–Trinajstić information content (AvgIpc) is 3.12. The fourth-order valence-electron chi connectivity index (χ4n) is 2.70. The van der Waals surface area contributed by atoms with Gasteiger partial charge >= 0.3 is 0 Å². The molecule has 0 aliphatic heterocycles. The third-order valence-corrected chi connectivity index (χ3v) is 5.44. The molecule has 0 aliphatic rings. The van der Waals surface area contributed by atoms with Crippen LogP contribution >= 0.6 is 11.3 Å². The smallest absolute Gasteiger partial charge is 0.276 e. The maximum Gasteiger partial charge on any atom is 0.276 e. The van der Waals surface area contributed by atoms with Gasteiger partial charge in [0.2, 0.25) is 11.0 Å². The highest BCUT2D eigenvalue weighted by molar-refractivity contribution is 7.14. The van der Waals surface area contributed by atoms with Gasteiger partial charge in [0.15, 0.2) is 0 Å². The number of ether oxygens (including phenoxy) is 1. The van der Waals surface area contributed by atoms with E-state index in [1.54, 1.807) is 31.4 Å². The van der Waals surface area contributed by atoms with Gasteiger partial charge in [0.1, 0.15) is 5.75 Å². The summed E-state index contributed by atoms with van der Waals surface area (Å²) in [7, 11) is 1.59. The van der Waals surface area contributed by atoms with Crippen molar-refractivity contribution < 1.29 is 9.53 Å². The summed E-state index contributed by atoms with van der Waals surface area (Å²) >= 11 is 1.46. The minimum atomic E-state index is -0.154. The number of benzene rings is 1. The van der Waals surface area contributed by atoms with Crippen molar-refractivity contribution >= 4 is 22.9 Å². The van der Waals surface area contributed by atoms with Crippen LogP contribution in [-0.2, 0) is 11.2 Å². The molecule has 27 heavy (non-hydrogen) atoms. The molecular formula is C19H22N4O3S. The molecule has 0 spiro atoms. The Kier molecular flexibility index (Phi) is 5.46. The monoisotopic (exact) mass is 386 g/mol. The van der Waals surface area contributed by atoms with Gasteiger partial charge in [0.05, 0.1) is 12.8 Å². The van der Waals surface area contributed by atoms with Crippen LogP contribution in [0.3, 0.4) is 0 Å². The average molecular weight is 386 g/mol. The van der Waals surface area contributed by atoms with Crippen LogP contribution in [0.5, 0.6) is 5.75 Å². The summed E-state index contributed by atoms with van der Waals surface area (Å²) in [5.41, 5.74) is 2.80. The van der Waals surface area contributed by atoms with Gasteiger partial charge in [-0.25, -0.2) is 4.98 Å². The van der Waals surface area contributed by atoms with Crippen molar-refractivity contribution in [2.45, 2.75) is 33.6 Å². The molecule has 0 radical (unpaired) electrons. The molecule has 0 aliphatic carbocycles. The van der Waals surface area contributed by atoms with E-state index in [2.05, 4.69) is 15.4 Å². The summed E-state index contributed by atoms with van der Waals surface area (Å²) in [5, 5.41) is 6.51. The summed E-state index contributed by atoms with van der Waals surface area (Å²) in [4.78, 5) is 30.4. The molecular weight excluding hydrogens is 364 g/mol. The predicted octanol–water partition coefficient (Wildman–Crippen LogP) is 3.13. The fraction of sp³-hybridized carbons (Fsp3) is 0.316. The van der Waals surface area contributed by atoms with Crippen LogP contribution in [-0.4, -0.2) is 27.8 Å². The van der Waals surface area contributed by atoms with E-state index in [4.69, 9.17) is 4.74 Å². The van der Waals surface area contributed by atoms with Gasteiger partial charge in [-0.05, 0) is 51.5 Å². The van der Waals surface area contributed by atoms with Crippen LogP contribution in [0.15, 0.2) is 29.1 Å². The van der Waals surface area contributed by atoms with E-state index in [1.807, 2.05) is 20.8 Å². The number of hydrogen-bond acceptors (Lipinski definition) is 5. The summed E-state index contributed by atoms with van der Waals surface area (Å²) in [5.74, 6) is 0.580. The first-order valence-corrected chi connectivity index (χ1v) is 9.39. The summed E-state index contributed by atoms with van der Waals surface area (Å²) in [6.45, 7) is 5.73. The first kappa shape index (κ1) is 18.9. The number of amides is 1. The second kappa shape index (κ2) is 7.79.